The maximum absolute atomic E-state index is 2.36. The molecule has 2 fully saturated rings. The third-order valence-electron chi connectivity index (χ3n) is 5.30. The lowest BCUT2D eigenvalue weighted by molar-refractivity contribution is 0.484. The molecule has 2 aliphatic carbocycles. The first kappa shape index (κ1) is 14.6. The molecule has 0 bridgehead atoms. The monoisotopic (exact) mass is 288 g/mol. The zero-order valence-corrected chi connectivity index (χ0v) is 13.7. The van der Waals surface area contributed by atoms with Gasteiger partial charge in [0.05, 0.1) is 0 Å². The van der Waals surface area contributed by atoms with Gasteiger partial charge >= 0.3 is 0 Å². The Labute approximate surface area is 126 Å². The van der Waals surface area contributed by atoms with Gasteiger partial charge in [-0.25, -0.2) is 0 Å². The molecule has 0 heterocycles. The van der Waals surface area contributed by atoms with Gasteiger partial charge in [0.2, 0.25) is 0 Å². The number of hydrogen-bond donors (Lipinski definition) is 0. The highest BCUT2D eigenvalue weighted by Crippen LogP contribution is 2.57. The van der Waals surface area contributed by atoms with Crippen LogP contribution in [0.3, 0.4) is 0 Å². The van der Waals surface area contributed by atoms with Gasteiger partial charge in [-0.1, -0.05) is 76.8 Å². The molecule has 1 aromatic carbocycles. The molecule has 0 aliphatic heterocycles. The lowest BCUT2D eigenvalue weighted by atomic mass is 9.99. The van der Waals surface area contributed by atoms with E-state index in [0.717, 1.165) is 11.3 Å². The molecular formula is C19H29P. The average Bonchev–Trinajstić information content (AvgIpc) is 2.55. The molecule has 2 aliphatic rings. The van der Waals surface area contributed by atoms with Gasteiger partial charge in [-0.3, -0.25) is 0 Å². The van der Waals surface area contributed by atoms with E-state index < -0.39 is 0 Å². The van der Waals surface area contributed by atoms with Gasteiger partial charge < -0.3 is 0 Å². The highest BCUT2D eigenvalue weighted by molar-refractivity contribution is 7.58. The lowest BCUT2D eigenvalue weighted by Gasteiger charge is -2.38. The third kappa shape index (κ3) is 3.85. The van der Waals surface area contributed by atoms with Crippen LogP contribution in [0.15, 0.2) is 30.3 Å². The van der Waals surface area contributed by atoms with E-state index in [1.165, 1.54) is 70.4 Å². The molecule has 110 valence electrons. The zero-order valence-electron chi connectivity index (χ0n) is 12.8. The van der Waals surface area contributed by atoms with E-state index in [-0.39, 0.29) is 7.92 Å². The molecule has 20 heavy (non-hydrogen) atoms. The summed E-state index contributed by atoms with van der Waals surface area (Å²) in [5.74, 6) is 0. The van der Waals surface area contributed by atoms with E-state index in [9.17, 15) is 0 Å². The van der Waals surface area contributed by atoms with Crippen molar-refractivity contribution < 1.29 is 0 Å². The SMILES string of the molecule is c1ccc(CP(C2CCCCC2)C2CCCCC2)cc1. The highest BCUT2D eigenvalue weighted by Gasteiger charge is 2.30. The van der Waals surface area contributed by atoms with E-state index in [4.69, 9.17) is 0 Å². The Hall–Kier alpha value is -0.350. The van der Waals surface area contributed by atoms with E-state index >= 15 is 0 Å². The van der Waals surface area contributed by atoms with Gasteiger partial charge in [0.25, 0.3) is 0 Å². The van der Waals surface area contributed by atoms with Gasteiger partial charge in [0.1, 0.15) is 0 Å². The molecule has 0 radical (unpaired) electrons. The van der Waals surface area contributed by atoms with Crippen molar-refractivity contribution in [2.24, 2.45) is 0 Å². The normalized spacial score (nSPS) is 22.2. The molecule has 0 aromatic heterocycles. The lowest BCUT2D eigenvalue weighted by Crippen LogP contribution is -2.21. The van der Waals surface area contributed by atoms with Gasteiger partial charge in [-0.2, -0.15) is 0 Å². The molecule has 0 N–H and O–H groups in total. The summed E-state index contributed by atoms with van der Waals surface area (Å²) in [7, 11) is 0.227. The molecular weight excluding hydrogens is 259 g/mol. The molecule has 1 heteroatoms. The predicted molar refractivity (Wildman–Crippen MR) is 90.8 cm³/mol. The van der Waals surface area contributed by atoms with E-state index in [2.05, 4.69) is 30.3 Å². The summed E-state index contributed by atoms with van der Waals surface area (Å²) in [4.78, 5) is 0. The van der Waals surface area contributed by atoms with Crippen LogP contribution in [0.25, 0.3) is 0 Å². The summed E-state index contributed by atoms with van der Waals surface area (Å²) >= 11 is 0. The number of rotatable bonds is 4. The standard InChI is InChI=1S/C19H29P/c1-4-10-17(11-5-1)16-20(18-12-6-2-7-13-18)19-14-8-3-9-15-19/h1,4-5,10-11,18-19H,2-3,6-9,12-16H2. The van der Waals surface area contributed by atoms with Gasteiger partial charge in [-0.05, 0) is 48.7 Å². The van der Waals surface area contributed by atoms with Crippen LogP contribution < -0.4 is 0 Å². The third-order valence-corrected chi connectivity index (χ3v) is 8.93. The van der Waals surface area contributed by atoms with Crippen LogP contribution >= 0.6 is 7.92 Å². The zero-order chi connectivity index (χ0) is 13.6. The Morgan fingerprint density at radius 1 is 0.700 bits per heavy atom. The second kappa shape index (κ2) is 7.60. The summed E-state index contributed by atoms with van der Waals surface area (Å²) in [6.45, 7) is 0. The maximum atomic E-state index is 2.36. The van der Waals surface area contributed by atoms with E-state index in [1.54, 1.807) is 5.56 Å². The van der Waals surface area contributed by atoms with Crippen molar-refractivity contribution in [3.63, 3.8) is 0 Å². The fraction of sp³-hybridized carbons (Fsp3) is 0.684. The van der Waals surface area contributed by atoms with E-state index in [1.807, 2.05) is 0 Å². The van der Waals surface area contributed by atoms with Crippen molar-refractivity contribution >= 4 is 7.92 Å². The summed E-state index contributed by atoms with van der Waals surface area (Å²) in [6, 6.07) is 11.3. The summed E-state index contributed by atoms with van der Waals surface area (Å²) < 4.78 is 0. The molecule has 3 rings (SSSR count). The van der Waals surface area contributed by atoms with Crippen molar-refractivity contribution in [2.45, 2.75) is 81.7 Å². The Morgan fingerprint density at radius 3 is 1.70 bits per heavy atom. The van der Waals surface area contributed by atoms with Crippen molar-refractivity contribution in [3.05, 3.63) is 35.9 Å². The Balaban J connectivity index is 1.71. The highest BCUT2D eigenvalue weighted by atomic mass is 31.1. The Bertz CT molecular complexity index is 356. The molecule has 2 saturated carbocycles. The minimum absolute atomic E-state index is 0.227. The Morgan fingerprint density at radius 2 is 1.20 bits per heavy atom. The molecule has 1 aromatic rings. The first-order chi connectivity index (χ1) is 9.93. The first-order valence-electron chi connectivity index (χ1n) is 8.73. The fourth-order valence-corrected chi connectivity index (χ4v) is 7.98. The molecule has 0 spiro atoms. The van der Waals surface area contributed by atoms with Gasteiger partial charge in [-0.15, -0.1) is 0 Å². The first-order valence-corrected chi connectivity index (χ1v) is 10.4. The smallest absolute Gasteiger partial charge is 0.00681 e. The minimum Gasteiger partial charge on any atom is -0.0958 e. The largest absolute Gasteiger partial charge is 0.0958 e. The minimum atomic E-state index is 0.227. The van der Waals surface area contributed by atoms with Crippen LogP contribution in [0.2, 0.25) is 0 Å². The van der Waals surface area contributed by atoms with Gasteiger partial charge in [0, 0.05) is 0 Å². The summed E-state index contributed by atoms with van der Waals surface area (Å²) in [5.41, 5.74) is 3.78. The van der Waals surface area contributed by atoms with Crippen LogP contribution in [0, 0.1) is 0 Å². The van der Waals surface area contributed by atoms with Crippen LogP contribution in [-0.4, -0.2) is 11.3 Å². The van der Waals surface area contributed by atoms with Crippen LogP contribution in [-0.2, 0) is 6.16 Å². The average molecular weight is 288 g/mol. The van der Waals surface area contributed by atoms with Crippen LogP contribution in [0.1, 0.15) is 69.8 Å². The number of benzene rings is 1. The summed E-state index contributed by atoms with van der Waals surface area (Å²) in [6.07, 6.45) is 16.6. The summed E-state index contributed by atoms with van der Waals surface area (Å²) in [5, 5.41) is 0. The van der Waals surface area contributed by atoms with Gasteiger partial charge in [0.15, 0.2) is 0 Å². The molecule has 0 atom stereocenters. The van der Waals surface area contributed by atoms with Crippen LogP contribution in [0.5, 0.6) is 0 Å². The molecule has 0 nitrogen and oxygen atoms in total. The fourth-order valence-electron chi connectivity index (χ4n) is 4.18. The predicted octanol–water partition coefficient (Wildman–Crippen LogP) is 6.33. The van der Waals surface area contributed by atoms with Crippen molar-refractivity contribution in [2.75, 3.05) is 0 Å². The molecule has 0 saturated heterocycles. The van der Waals surface area contributed by atoms with Crippen molar-refractivity contribution in [1.82, 2.24) is 0 Å². The second-order valence-corrected chi connectivity index (χ2v) is 9.55. The van der Waals surface area contributed by atoms with Crippen LogP contribution in [0.4, 0.5) is 0 Å². The quantitative estimate of drug-likeness (QED) is 0.567. The number of hydrogen-bond acceptors (Lipinski definition) is 0. The van der Waals surface area contributed by atoms with Crippen molar-refractivity contribution in [3.8, 4) is 0 Å². The van der Waals surface area contributed by atoms with Crippen molar-refractivity contribution in [1.29, 1.82) is 0 Å². The molecule has 0 unspecified atom stereocenters. The molecule has 0 amide bonds. The van der Waals surface area contributed by atoms with E-state index in [0.29, 0.717) is 0 Å². The topological polar surface area (TPSA) is 0 Å². The Kier molecular flexibility index (Phi) is 5.54. The second-order valence-electron chi connectivity index (χ2n) is 6.74. The maximum Gasteiger partial charge on any atom is -0.00681 e.